The van der Waals surface area contributed by atoms with Gasteiger partial charge in [-0.05, 0) is 25.1 Å². The van der Waals surface area contributed by atoms with Crippen LogP contribution >= 0.6 is 0 Å². The Morgan fingerprint density at radius 1 is 1.45 bits per heavy atom. The van der Waals surface area contributed by atoms with Gasteiger partial charge in [0.1, 0.15) is 0 Å². The molecular formula is C13H14FN3O3. The summed E-state index contributed by atoms with van der Waals surface area (Å²) in [4.78, 5) is 15.6. The van der Waals surface area contributed by atoms with Crippen molar-refractivity contribution in [2.45, 2.75) is 6.92 Å². The molecule has 106 valence electrons. The smallest absolute Gasteiger partial charge is 0.378 e. The summed E-state index contributed by atoms with van der Waals surface area (Å²) in [6, 6.07) is 4.40. The summed E-state index contributed by atoms with van der Waals surface area (Å²) in [7, 11) is 3.01. The fourth-order valence-electron chi connectivity index (χ4n) is 1.72. The van der Waals surface area contributed by atoms with Gasteiger partial charge in [-0.2, -0.15) is 0 Å². The molecule has 6 nitrogen and oxygen atoms in total. The van der Waals surface area contributed by atoms with Gasteiger partial charge in [0.05, 0.1) is 13.7 Å². The lowest BCUT2D eigenvalue weighted by Crippen LogP contribution is -2.07. The molecular weight excluding hydrogens is 265 g/mol. The number of nitrogens with zero attached hydrogens (tertiary/aromatic N) is 3. The highest BCUT2D eigenvalue weighted by Gasteiger charge is 2.17. The molecule has 2 rings (SSSR count). The van der Waals surface area contributed by atoms with E-state index in [1.165, 1.54) is 23.9 Å². The van der Waals surface area contributed by atoms with E-state index in [9.17, 15) is 9.18 Å². The third-order valence-electron chi connectivity index (χ3n) is 2.63. The van der Waals surface area contributed by atoms with E-state index in [-0.39, 0.29) is 18.2 Å². The van der Waals surface area contributed by atoms with Crippen molar-refractivity contribution >= 4 is 5.97 Å². The number of aryl methyl sites for hydroxylation is 1. The zero-order valence-corrected chi connectivity index (χ0v) is 11.4. The van der Waals surface area contributed by atoms with Gasteiger partial charge in [-0.25, -0.2) is 18.9 Å². The van der Waals surface area contributed by atoms with Gasteiger partial charge in [-0.1, -0.05) is 0 Å². The minimum atomic E-state index is -0.608. The standard InChI is InChI=1S/C13H14FN3O3/c1-4-20-13(18)11-15-12(17(2)16-11)8-5-6-10(19-3)9(14)7-8/h5-7H,4H2,1-3H3. The fourth-order valence-corrected chi connectivity index (χ4v) is 1.72. The van der Waals surface area contributed by atoms with Crippen LogP contribution in [0.1, 0.15) is 17.5 Å². The predicted molar refractivity (Wildman–Crippen MR) is 68.9 cm³/mol. The molecule has 1 aromatic carbocycles. The predicted octanol–water partition coefficient (Wildman–Crippen LogP) is 1.81. The fraction of sp³-hybridized carbons (Fsp3) is 0.308. The first-order valence-corrected chi connectivity index (χ1v) is 5.99. The molecule has 0 aliphatic carbocycles. The van der Waals surface area contributed by atoms with Crippen molar-refractivity contribution in [1.29, 1.82) is 0 Å². The summed E-state index contributed by atoms with van der Waals surface area (Å²) < 4.78 is 24.7. The van der Waals surface area contributed by atoms with E-state index < -0.39 is 11.8 Å². The molecule has 7 heteroatoms. The van der Waals surface area contributed by atoms with Crippen LogP contribution in [0.25, 0.3) is 11.4 Å². The Bertz CT molecular complexity index is 640. The van der Waals surface area contributed by atoms with E-state index in [0.29, 0.717) is 11.4 Å². The zero-order chi connectivity index (χ0) is 14.7. The van der Waals surface area contributed by atoms with Crippen molar-refractivity contribution in [1.82, 2.24) is 14.8 Å². The summed E-state index contributed by atoms with van der Waals surface area (Å²) in [5.41, 5.74) is 0.494. The second-order valence-corrected chi connectivity index (χ2v) is 3.95. The maximum Gasteiger partial charge on any atom is 0.378 e. The van der Waals surface area contributed by atoms with Crippen LogP contribution in [0.15, 0.2) is 18.2 Å². The van der Waals surface area contributed by atoms with E-state index in [1.54, 1.807) is 20.0 Å². The summed E-state index contributed by atoms with van der Waals surface area (Å²) in [5.74, 6) is -0.661. The van der Waals surface area contributed by atoms with Gasteiger partial charge in [0, 0.05) is 12.6 Å². The zero-order valence-electron chi connectivity index (χ0n) is 11.4. The lowest BCUT2D eigenvalue weighted by Gasteiger charge is -2.04. The van der Waals surface area contributed by atoms with Gasteiger partial charge >= 0.3 is 5.97 Å². The molecule has 0 radical (unpaired) electrons. The molecule has 1 aromatic heterocycles. The Hall–Kier alpha value is -2.44. The molecule has 0 unspecified atom stereocenters. The highest BCUT2D eigenvalue weighted by atomic mass is 19.1. The lowest BCUT2D eigenvalue weighted by atomic mass is 10.2. The Balaban J connectivity index is 2.38. The van der Waals surface area contributed by atoms with Crippen molar-refractivity contribution in [2.75, 3.05) is 13.7 Å². The van der Waals surface area contributed by atoms with E-state index >= 15 is 0 Å². The Kier molecular flexibility index (Phi) is 3.97. The highest BCUT2D eigenvalue weighted by molar-refractivity contribution is 5.85. The van der Waals surface area contributed by atoms with Crippen LogP contribution in [0.2, 0.25) is 0 Å². The Labute approximate surface area is 115 Å². The van der Waals surface area contributed by atoms with Crippen LogP contribution in [-0.2, 0) is 11.8 Å². The second kappa shape index (κ2) is 5.68. The van der Waals surface area contributed by atoms with Crippen molar-refractivity contribution in [3.05, 3.63) is 29.8 Å². The average molecular weight is 279 g/mol. The topological polar surface area (TPSA) is 66.2 Å². The summed E-state index contributed by atoms with van der Waals surface area (Å²) in [6.45, 7) is 1.93. The van der Waals surface area contributed by atoms with Crippen LogP contribution in [0, 0.1) is 5.82 Å². The number of halogens is 1. The van der Waals surface area contributed by atoms with Crippen LogP contribution in [0.3, 0.4) is 0 Å². The molecule has 0 N–H and O–H groups in total. The van der Waals surface area contributed by atoms with Crippen molar-refractivity contribution in [3.63, 3.8) is 0 Å². The second-order valence-electron chi connectivity index (χ2n) is 3.95. The number of esters is 1. The lowest BCUT2D eigenvalue weighted by molar-refractivity contribution is 0.0512. The number of carbonyl (C=O) groups excluding carboxylic acids is 1. The monoisotopic (exact) mass is 279 g/mol. The number of carbonyl (C=O) groups is 1. The van der Waals surface area contributed by atoms with Crippen molar-refractivity contribution < 1.29 is 18.7 Å². The number of hydrogen-bond donors (Lipinski definition) is 0. The maximum absolute atomic E-state index is 13.7. The Morgan fingerprint density at radius 2 is 2.20 bits per heavy atom. The molecule has 0 aliphatic heterocycles. The van der Waals surface area contributed by atoms with E-state index in [0.717, 1.165) is 0 Å². The van der Waals surface area contributed by atoms with E-state index in [4.69, 9.17) is 9.47 Å². The number of rotatable bonds is 4. The van der Waals surface area contributed by atoms with Gasteiger partial charge in [0.25, 0.3) is 5.82 Å². The maximum atomic E-state index is 13.7. The third kappa shape index (κ3) is 2.61. The molecule has 0 aliphatic rings. The highest BCUT2D eigenvalue weighted by Crippen LogP contribution is 2.24. The van der Waals surface area contributed by atoms with Gasteiger partial charge in [-0.15, -0.1) is 5.10 Å². The van der Waals surface area contributed by atoms with Crippen molar-refractivity contribution in [2.24, 2.45) is 7.05 Å². The molecule has 1 heterocycles. The molecule has 0 atom stereocenters. The third-order valence-corrected chi connectivity index (χ3v) is 2.63. The van der Waals surface area contributed by atoms with E-state index in [1.807, 2.05) is 0 Å². The molecule has 2 aromatic rings. The summed E-state index contributed by atoms with van der Waals surface area (Å²) >= 11 is 0. The molecule has 0 amide bonds. The molecule has 0 spiro atoms. The van der Waals surface area contributed by atoms with Crippen LogP contribution in [0.4, 0.5) is 4.39 Å². The van der Waals surface area contributed by atoms with Crippen LogP contribution in [0.5, 0.6) is 5.75 Å². The van der Waals surface area contributed by atoms with E-state index in [2.05, 4.69) is 10.1 Å². The number of aromatic nitrogens is 3. The number of hydrogen-bond acceptors (Lipinski definition) is 5. The van der Waals surface area contributed by atoms with Gasteiger partial charge < -0.3 is 9.47 Å². The normalized spacial score (nSPS) is 10.4. The first kappa shape index (κ1) is 14.0. The first-order valence-electron chi connectivity index (χ1n) is 5.99. The van der Waals surface area contributed by atoms with Gasteiger partial charge in [-0.3, -0.25) is 0 Å². The minimum Gasteiger partial charge on any atom is -0.494 e. The summed E-state index contributed by atoms with van der Waals surface area (Å²) in [6.07, 6.45) is 0. The SMILES string of the molecule is CCOC(=O)c1nc(-c2ccc(OC)c(F)c2)n(C)n1. The van der Waals surface area contributed by atoms with Crippen LogP contribution in [-0.4, -0.2) is 34.5 Å². The molecule has 20 heavy (non-hydrogen) atoms. The first-order chi connectivity index (χ1) is 9.56. The average Bonchev–Trinajstić information content (AvgIpc) is 2.81. The van der Waals surface area contributed by atoms with Crippen molar-refractivity contribution in [3.8, 4) is 17.1 Å². The minimum absolute atomic E-state index is 0.0550. The van der Waals surface area contributed by atoms with Crippen LogP contribution < -0.4 is 4.74 Å². The van der Waals surface area contributed by atoms with Gasteiger partial charge in [0.2, 0.25) is 0 Å². The quantitative estimate of drug-likeness (QED) is 0.798. The largest absolute Gasteiger partial charge is 0.494 e. The molecule has 0 saturated carbocycles. The number of ether oxygens (including phenoxy) is 2. The molecule has 0 saturated heterocycles. The number of benzene rings is 1. The summed E-state index contributed by atoms with van der Waals surface area (Å²) in [5, 5.41) is 3.96. The van der Waals surface area contributed by atoms with Gasteiger partial charge in [0.15, 0.2) is 17.4 Å². The molecule has 0 fully saturated rings. The Morgan fingerprint density at radius 3 is 2.80 bits per heavy atom. The number of methoxy groups -OCH3 is 1. The molecule has 0 bridgehead atoms.